The van der Waals surface area contributed by atoms with E-state index in [0.717, 1.165) is 6.42 Å². The van der Waals surface area contributed by atoms with Gasteiger partial charge in [-0.2, -0.15) is 4.31 Å². The molecule has 2 heterocycles. The lowest BCUT2D eigenvalue weighted by Crippen LogP contribution is -2.30. The highest BCUT2D eigenvalue weighted by Crippen LogP contribution is 2.27. The van der Waals surface area contributed by atoms with Crippen molar-refractivity contribution in [1.82, 2.24) is 4.31 Å². The van der Waals surface area contributed by atoms with Crippen molar-refractivity contribution >= 4 is 10.0 Å². The number of nitrogens with zero attached hydrogens (tertiary/aromatic N) is 1. The minimum Gasteiger partial charge on any atom is -0.465 e. The second-order valence-corrected chi connectivity index (χ2v) is 6.44. The van der Waals surface area contributed by atoms with Gasteiger partial charge in [-0.3, -0.25) is 0 Å². The van der Waals surface area contributed by atoms with Gasteiger partial charge in [0.15, 0.2) is 0 Å². The smallest absolute Gasteiger partial charge is 0.246 e. The second-order valence-electron chi connectivity index (χ2n) is 4.53. The summed E-state index contributed by atoms with van der Waals surface area (Å²) in [5, 5.41) is 0. The van der Waals surface area contributed by atoms with Gasteiger partial charge in [0, 0.05) is 13.1 Å². The number of nitrogens with two attached hydrogens (primary N) is 1. The van der Waals surface area contributed by atoms with Gasteiger partial charge in [-0.1, -0.05) is 0 Å². The fourth-order valence-electron chi connectivity index (χ4n) is 2.21. The van der Waals surface area contributed by atoms with E-state index in [-0.39, 0.29) is 10.8 Å². The van der Waals surface area contributed by atoms with Crippen molar-refractivity contribution < 1.29 is 12.8 Å². The molecule has 1 unspecified atom stereocenters. The summed E-state index contributed by atoms with van der Waals surface area (Å²) in [6.07, 6.45) is 0.839. The average Bonchev–Trinajstić information content (AvgIpc) is 2.85. The summed E-state index contributed by atoms with van der Waals surface area (Å²) >= 11 is 0. The van der Waals surface area contributed by atoms with Crippen molar-refractivity contribution in [3.8, 4) is 0 Å². The quantitative estimate of drug-likeness (QED) is 0.872. The third-order valence-corrected chi connectivity index (χ3v) is 5.17. The molecule has 0 aromatic carbocycles. The Morgan fingerprint density at radius 1 is 1.53 bits per heavy atom. The van der Waals surface area contributed by atoms with Crippen LogP contribution in [-0.2, 0) is 10.0 Å². The Bertz CT molecular complexity index is 507. The summed E-state index contributed by atoms with van der Waals surface area (Å²) in [5.74, 6) is 1.35. The summed E-state index contributed by atoms with van der Waals surface area (Å²) in [6, 6.07) is 1.58. The number of furan rings is 1. The molecule has 0 radical (unpaired) electrons. The van der Waals surface area contributed by atoms with Gasteiger partial charge < -0.3 is 10.2 Å². The number of rotatable bonds is 3. The molecule has 6 heteroatoms. The fraction of sp³-hybridized carbons (Fsp3) is 0.636. The summed E-state index contributed by atoms with van der Waals surface area (Å²) in [5.41, 5.74) is 5.57. The van der Waals surface area contributed by atoms with Crippen LogP contribution in [0.25, 0.3) is 0 Å². The standard InChI is InChI=1S/C11H18N2O3S/c1-8-5-11(9(2)16-8)17(14,15)13-4-3-10(6-12)7-13/h5,10H,3-4,6-7,12H2,1-2H3. The topological polar surface area (TPSA) is 76.5 Å². The van der Waals surface area contributed by atoms with Crippen LogP contribution >= 0.6 is 0 Å². The van der Waals surface area contributed by atoms with E-state index in [1.165, 1.54) is 4.31 Å². The van der Waals surface area contributed by atoms with Crippen LogP contribution in [0.1, 0.15) is 17.9 Å². The molecule has 5 nitrogen and oxygen atoms in total. The molecule has 2 N–H and O–H groups in total. The maximum absolute atomic E-state index is 12.4. The zero-order valence-electron chi connectivity index (χ0n) is 10.1. The first-order valence-electron chi connectivity index (χ1n) is 5.72. The first kappa shape index (κ1) is 12.6. The summed E-state index contributed by atoms with van der Waals surface area (Å²) in [4.78, 5) is 0.285. The van der Waals surface area contributed by atoms with E-state index in [9.17, 15) is 8.42 Å². The summed E-state index contributed by atoms with van der Waals surface area (Å²) in [7, 11) is -3.41. The van der Waals surface area contributed by atoms with Crippen LogP contribution in [0.15, 0.2) is 15.4 Å². The van der Waals surface area contributed by atoms with E-state index in [1.807, 2.05) is 0 Å². The lowest BCUT2D eigenvalue weighted by molar-refractivity contribution is 0.453. The molecule has 17 heavy (non-hydrogen) atoms. The number of aryl methyl sites for hydroxylation is 2. The fourth-order valence-corrected chi connectivity index (χ4v) is 3.96. The predicted molar refractivity (Wildman–Crippen MR) is 64.1 cm³/mol. The maximum Gasteiger partial charge on any atom is 0.246 e. The van der Waals surface area contributed by atoms with Gasteiger partial charge in [0.2, 0.25) is 10.0 Å². The normalized spacial score (nSPS) is 22.2. The van der Waals surface area contributed by atoms with Crippen LogP contribution in [0.4, 0.5) is 0 Å². The largest absolute Gasteiger partial charge is 0.465 e. The molecule has 2 rings (SSSR count). The third kappa shape index (κ3) is 2.25. The molecule has 0 bridgehead atoms. The van der Waals surface area contributed by atoms with Crippen LogP contribution in [0.5, 0.6) is 0 Å². The van der Waals surface area contributed by atoms with Crippen molar-refractivity contribution in [3.63, 3.8) is 0 Å². The molecule has 1 aliphatic heterocycles. The van der Waals surface area contributed by atoms with Gasteiger partial charge >= 0.3 is 0 Å². The average molecular weight is 258 g/mol. The minimum absolute atomic E-state index is 0.276. The molecule has 0 spiro atoms. The number of hydrogen-bond acceptors (Lipinski definition) is 4. The van der Waals surface area contributed by atoms with Gasteiger partial charge in [-0.25, -0.2) is 8.42 Å². The molecule has 0 saturated carbocycles. The lowest BCUT2D eigenvalue weighted by atomic mass is 10.1. The van der Waals surface area contributed by atoms with Crippen LogP contribution in [0.3, 0.4) is 0 Å². The molecule has 1 atom stereocenters. The summed E-state index contributed by atoms with van der Waals surface area (Å²) in [6.45, 7) is 5.03. The SMILES string of the molecule is Cc1cc(S(=O)(=O)N2CCC(CN)C2)c(C)o1. The molecule has 1 aromatic rings. The molecule has 1 aromatic heterocycles. The summed E-state index contributed by atoms with van der Waals surface area (Å²) < 4.78 is 31.5. The molecular weight excluding hydrogens is 240 g/mol. The van der Waals surface area contributed by atoms with Crippen LogP contribution in [-0.4, -0.2) is 32.4 Å². The predicted octanol–water partition coefficient (Wildman–Crippen LogP) is 0.866. The molecule has 0 amide bonds. The molecular formula is C11H18N2O3S. The molecule has 1 aliphatic rings. The Labute approximate surface area is 102 Å². The highest BCUT2D eigenvalue weighted by Gasteiger charge is 2.33. The number of sulfonamides is 1. The maximum atomic E-state index is 12.4. The second kappa shape index (κ2) is 4.44. The van der Waals surface area contributed by atoms with E-state index in [2.05, 4.69) is 0 Å². The van der Waals surface area contributed by atoms with Gasteiger partial charge in [0.1, 0.15) is 16.4 Å². The zero-order chi connectivity index (χ0) is 12.6. The van der Waals surface area contributed by atoms with Crippen LogP contribution in [0.2, 0.25) is 0 Å². The van der Waals surface area contributed by atoms with Crippen molar-refractivity contribution in [2.75, 3.05) is 19.6 Å². The Morgan fingerprint density at radius 2 is 2.24 bits per heavy atom. The van der Waals surface area contributed by atoms with Crippen LogP contribution in [0, 0.1) is 19.8 Å². The lowest BCUT2D eigenvalue weighted by Gasteiger charge is -2.15. The van der Waals surface area contributed by atoms with Crippen molar-refractivity contribution in [3.05, 3.63) is 17.6 Å². The van der Waals surface area contributed by atoms with E-state index in [1.54, 1.807) is 19.9 Å². The Morgan fingerprint density at radius 3 is 2.71 bits per heavy atom. The Hall–Kier alpha value is -0.850. The van der Waals surface area contributed by atoms with E-state index >= 15 is 0 Å². The molecule has 1 fully saturated rings. The number of hydrogen-bond donors (Lipinski definition) is 1. The Kier molecular flexibility index (Phi) is 3.29. The monoisotopic (exact) mass is 258 g/mol. The van der Waals surface area contributed by atoms with Crippen molar-refractivity contribution in [1.29, 1.82) is 0 Å². The van der Waals surface area contributed by atoms with Crippen LogP contribution < -0.4 is 5.73 Å². The van der Waals surface area contributed by atoms with Gasteiger partial charge in [0.05, 0.1) is 0 Å². The highest BCUT2D eigenvalue weighted by atomic mass is 32.2. The third-order valence-electron chi connectivity index (χ3n) is 3.20. The van der Waals surface area contributed by atoms with E-state index in [0.29, 0.717) is 31.2 Å². The van der Waals surface area contributed by atoms with Gasteiger partial charge in [-0.05, 0) is 38.8 Å². The minimum atomic E-state index is -3.41. The van der Waals surface area contributed by atoms with E-state index < -0.39 is 10.0 Å². The van der Waals surface area contributed by atoms with E-state index in [4.69, 9.17) is 10.2 Å². The molecule has 1 saturated heterocycles. The first-order chi connectivity index (χ1) is 7.95. The highest BCUT2D eigenvalue weighted by molar-refractivity contribution is 7.89. The zero-order valence-corrected chi connectivity index (χ0v) is 11.0. The van der Waals surface area contributed by atoms with Crippen molar-refractivity contribution in [2.45, 2.75) is 25.2 Å². The van der Waals surface area contributed by atoms with Gasteiger partial charge in [0.25, 0.3) is 0 Å². The van der Waals surface area contributed by atoms with Crippen molar-refractivity contribution in [2.24, 2.45) is 11.7 Å². The molecule has 96 valence electrons. The first-order valence-corrected chi connectivity index (χ1v) is 7.16. The Balaban J connectivity index is 2.28. The van der Waals surface area contributed by atoms with Gasteiger partial charge in [-0.15, -0.1) is 0 Å². The molecule has 0 aliphatic carbocycles.